The predicted octanol–water partition coefficient (Wildman–Crippen LogP) is 2.12. The van der Waals surface area contributed by atoms with Gasteiger partial charge in [-0.25, -0.2) is 13.6 Å². The van der Waals surface area contributed by atoms with Crippen molar-refractivity contribution in [2.24, 2.45) is 0 Å². The molecule has 0 aromatic carbocycles. The van der Waals surface area contributed by atoms with E-state index in [1.54, 1.807) is 0 Å². The largest absolute Gasteiger partial charge is 0.464 e. The summed E-state index contributed by atoms with van der Waals surface area (Å²) in [6.45, 7) is 0. The molecule has 0 aliphatic rings. The first kappa shape index (κ1) is 14.1. The molecule has 0 fully saturated rings. The van der Waals surface area contributed by atoms with Gasteiger partial charge < -0.3 is 9.72 Å². The van der Waals surface area contributed by atoms with E-state index in [1.165, 1.54) is 4.98 Å². The first-order valence-electron chi connectivity index (χ1n) is 4.39. The second-order valence-corrected chi connectivity index (χ2v) is 3.13. The number of aromatic amines is 1. The molecule has 0 unspecified atom stereocenters. The molecule has 18 heavy (non-hydrogen) atoms. The molecule has 0 aliphatic carbocycles. The van der Waals surface area contributed by atoms with E-state index in [4.69, 9.17) is 0 Å². The molecule has 0 atom stereocenters. The predicted molar refractivity (Wildman–Crippen MR) is 48.4 cm³/mol. The summed E-state index contributed by atoms with van der Waals surface area (Å²) in [5.41, 5.74) is -5.74. The molecule has 9 heteroatoms. The Hall–Kier alpha value is -1.93. The Labute approximate surface area is 96.4 Å². The van der Waals surface area contributed by atoms with Crippen molar-refractivity contribution in [2.45, 2.75) is 12.6 Å². The third kappa shape index (κ3) is 2.66. The molecule has 1 heterocycles. The molecular weight excluding hydrogens is 265 g/mol. The summed E-state index contributed by atoms with van der Waals surface area (Å²) in [6.07, 6.45) is -8.37. The second-order valence-electron chi connectivity index (χ2n) is 3.13. The Kier molecular flexibility index (Phi) is 3.73. The second kappa shape index (κ2) is 4.75. The minimum Gasteiger partial charge on any atom is -0.464 e. The fourth-order valence-electron chi connectivity index (χ4n) is 1.20. The van der Waals surface area contributed by atoms with E-state index in [-0.39, 0.29) is 6.07 Å². The van der Waals surface area contributed by atoms with E-state index < -0.39 is 41.0 Å². The van der Waals surface area contributed by atoms with Gasteiger partial charge in [0, 0.05) is 6.07 Å². The van der Waals surface area contributed by atoms with Gasteiger partial charge in [0.05, 0.1) is 12.7 Å². The van der Waals surface area contributed by atoms with Crippen LogP contribution in [0.5, 0.6) is 0 Å². The third-order valence-electron chi connectivity index (χ3n) is 1.98. The Balaban J connectivity index is 3.58. The number of nitrogens with one attached hydrogen (secondary N) is 1. The maximum atomic E-state index is 12.5. The zero-order valence-corrected chi connectivity index (χ0v) is 8.77. The molecule has 0 bridgehead atoms. The highest BCUT2D eigenvalue weighted by Crippen LogP contribution is 2.28. The standard InChI is InChI=1S/C9H6F5NO3/c1-18-8(17)6-5(7(10)11)3(16)2-4(15-6)9(12,13)14/h2,7H,1H3,(H,15,16). The van der Waals surface area contributed by atoms with Crippen LogP contribution in [0.1, 0.15) is 28.2 Å². The van der Waals surface area contributed by atoms with Gasteiger partial charge >= 0.3 is 12.1 Å². The third-order valence-corrected chi connectivity index (χ3v) is 1.98. The van der Waals surface area contributed by atoms with Crippen molar-refractivity contribution < 1.29 is 31.5 Å². The lowest BCUT2D eigenvalue weighted by Crippen LogP contribution is -2.23. The molecule has 1 rings (SSSR count). The highest BCUT2D eigenvalue weighted by molar-refractivity contribution is 5.88. The number of alkyl halides is 5. The minimum atomic E-state index is -4.97. The molecule has 1 aromatic heterocycles. The number of rotatable bonds is 2. The fraction of sp³-hybridized carbons (Fsp3) is 0.333. The number of carbonyl (C=O) groups excluding carboxylic acids is 1. The zero-order valence-electron chi connectivity index (χ0n) is 8.77. The normalized spacial score (nSPS) is 11.7. The van der Waals surface area contributed by atoms with Gasteiger partial charge in [-0.05, 0) is 0 Å². The summed E-state index contributed by atoms with van der Waals surface area (Å²) in [5, 5.41) is 0. The Morgan fingerprint density at radius 1 is 1.39 bits per heavy atom. The number of aromatic nitrogens is 1. The van der Waals surface area contributed by atoms with Gasteiger partial charge in [-0.3, -0.25) is 4.79 Å². The summed E-state index contributed by atoms with van der Waals surface area (Å²) in [7, 11) is 0.788. The smallest absolute Gasteiger partial charge is 0.431 e. The van der Waals surface area contributed by atoms with Gasteiger partial charge in [0.2, 0.25) is 0 Å². The number of H-pyrrole nitrogens is 1. The van der Waals surface area contributed by atoms with Crippen molar-refractivity contribution in [1.82, 2.24) is 4.98 Å². The highest BCUT2D eigenvalue weighted by atomic mass is 19.4. The lowest BCUT2D eigenvalue weighted by molar-refractivity contribution is -0.141. The number of hydrogen-bond acceptors (Lipinski definition) is 3. The van der Waals surface area contributed by atoms with Gasteiger partial charge in [0.1, 0.15) is 11.4 Å². The molecule has 1 aromatic rings. The van der Waals surface area contributed by atoms with Crippen LogP contribution in [0.3, 0.4) is 0 Å². The average molecular weight is 271 g/mol. The zero-order chi connectivity index (χ0) is 14.1. The molecule has 0 spiro atoms. The summed E-state index contributed by atoms with van der Waals surface area (Å²) in [5.74, 6) is -1.48. The first-order valence-corrected chi connectivity index (χ1v) is 4.39. The fourth-order valence-corrected chi connectivity index (χ4v) is 1.20. The molecule has 0 amide bonds. The lowest BCUT2D eigenvalue weighted by atomic mass is 10.1. The SMILES string of the molecule is COC(=O)c1[nH]c(C(F)(F)F)cc(=O)c1C(F)F. The Morgan fingerprint density at radius 2 is 1.94 bits per heavy atom. The van der Waals surface area contributed by atoms with Crippen LogP contribution in [0.4, 0.5) is 22.0 Å². The molecule has 0 radical (unpaired) electrons. The summed E-state index contributed by atoms with van der Waals surface area (Å²) < 4.78 is 66.1. The quantitative estimate of drug-likeness (QED) is 0.662. The van der Waals surface area contributed by atoms with Crippen molar-refractivity contribution in [2.75, 3.05) is 7.11 Å². The highest BCUT2D eigenvalue weighted by Gasteiger charge is 2.35. The van der Waals surface area contributed by atoms with E-state index in [9.17, 15) is 31.5 Å². The number of halogens is 5. The van der Waals surface area contributed by atoms with Crippen molar-refractivity contribution in [3.05, 3.63) is 33.2 Å². The van der Waals surface area contributed by atoms with E-state index >= 15 is 0 Å². The van der Waals surface area contributed by atoms with Crippen molar-refractivity contribution >= 4 is 5.97 Å². The van der Waals surface area contributed by atoms with Crippen LogP contribution in [0.15, 0.2) is 10.9 Å². The van der Waals surface area contributed by atoms with Crippen LogP contribution in [-0.4, -0.2) is 18.1 Å². The first-order chi connectivity index (χ1) is 8.18. The molecular formula is C9H6F5NO3. The Bertz CT molecular complexity index is 520. The molecule has 1 N–H and O–H groups in total. The number of ether oxygens (including phenoxy) is 1. The van der Waals surface area contributed by atoms with E-state index in [1.807, 2.05) is 0 Å². The summed E-state index contributed by atoms with van der Waals surface area (Å²) in [4.78, 5) is 23.7. The number of esters is 1. The van der Waals surface area contributed by atoms with Crippen molar-refractivity contribution in [3.63, 3.8) is 0 Å². The van der Waals surface area contributed by atoms with Gasteiger partial charge in [0.15, 0.2) is 5.43 Å². The van der Waals surface area contributed by atoms with Gasteiger partial charge in [0.25, 0.3) is 6.43 Å². The maximum absolute atomic E-state index is 12.5. The van der Waals surface area contributed by atoms with Crippen molar-refractivity contribution in [1.29, 1.82) is 0 Å². The van der Waals surface area contributed by atoms with Crippen molar-refractivity contribution in [3.8, 4) is 0 Å². The minimum absolute atomic E-state index is 0.0338. The number of pyridine rings is 1. The molecule has 4 nitrogen and oxygen atoms in total. The Morgan fingerprint density at radius 3 is 2.33 bits per heavy atom. The van der Waals surface area contributed by atoms with Crippen LogP contribution in [0, 0.1) is 0 Å². The van der Waals surface area contributed by atoms with Gasteiger partial charge in [-0.2, -0.15) is 13.2 Å². The van der Waals surface area contributed by atoms with Crippen LogP contribution < -0.4 is 5.43 Å². The van der Waals surface area contributed by atoms with Gasteiger partial charge in [-0.15, -0.1) is 0 Å². The molecule has 0 saturated carbocycles. The topological polar surface area (TPSA) is 59.2 Å². The number of carbonyl (C=O) groups is 1. The van der Waals surface area contributed by atoms with Crippen LogP contribution in [-0.2, 0) is 10.9 Å². The van der Waals surface area contributed by atoms with Gasteiger partial charge in [-0.1, -0.05) is 0 Å². The molecule has 0 aliphatic heterocycles. The molecule has 0 saturated heterocycles. The lowest BCUT2D eigenvalue weighted by Gasteiger charge is -2.11. The van der Waals surface area contributed by atoms with Crippen LogP contribution >= 0.6 is 0 Å². The van der Waals surface area contributed by atoms with E-state index in [0.717, 1.165) is 7.11 Å². The molecule has 100 valence electrons. The number of hydrogen-bond donors (Lipinski definition) is 1. The number of methoxy groups -OCH3 is 1. The summed E-state index contributed by atoms with van der Waals surface area (Å²) >= 11 is 0. The average Bonchev–Trinajstić information content (AvgIpc) is 2.25. The van der Waals surface area contributed by atoms with Crippen LogP contribution in [0.2, 0.25) is 0 Å². The monoisotopic (exact) mass is 271 g/mol. The van der Waals surface area contributed by atoms with Crippen LogP contribution in [0.25, 0.3) is 0 Å². The van der Waals surface area contributed by atoms with E-state index in [0.29, 0.717) is 0 Å². The van der Waals surface area contributed by atoms with E-state index in [2.05, 4.69) is 4.74 Å². The maximum Gasteiger partial charge on any atom is 0.431 e. The summed E-state index contributed by atoms with van der Waals surface area (Å²) in [6, 6.07) is -0.0338.